The number of carbonyl (C=O) groups is 2. The number of allylic oxidation sites excluding steroid dienone is 1. The summed E-state index contributed by atoms with van der Waals surface area (Å²) in [5.74, 6) is -1.36. The molecule has 1 amide bonds. The molecule has 0 fully saturated rings. The summed E-state index contributed by atoms with van der Waals surface area (Å²) < 4.78 is 10.2. The average Bonchev–Trinajstić information content (AvgIpc) is 2.80. The van der Waals surface area contributed by atoms with E-state index < -0.39 is 17.3 Å². The number of esters is 1. The van der Waals surface area contributed by atoms with Crippen LogP contribution in [0, 0.1) is 18.3 Å². The zero-order valence-corrected chi connectivity index (χ0v) is 13.4. The molecule has 7 heteroatoms. The van der Waals surface area contributed by atoms with Gasteiger partial charge >= 0.3 is 5.97 Å². The van der Waals surface area contributed by atoms with Gasteiger partial charge in [-0.15, -0.1) is 0 Å². The lowest BCUT2D eigenvalue weighted by Crippen LogP contribution is -2.45. The molecule has 0 aliphatic carbocycles. The van der Waals surface area contributed by atoms with Crippen LogP contribution in [-0.4, -0.2) is 19.0 Å². The Kier molecular flexibility index (Phi) is 3.34. The number of rotatable bonds is 1. The molecule has 2 aliphatic heterocycles. The second-order valence-corrected chi connectivity index (χ2v) is 5.63. The van der Waals surface area contributed by atoms with Crippen molar-refractivity contribution in [3.63, 3.8) is 0 Å². The lowest BCUT2D eigenvalue weighted by Gasteiger charge is -2.33. The summed E-state index contributed by atoms with van der Waals surface area (Å²) in [4.78, 5) is 25.4. The number of benzene rings is 1. The van der Waals surface area contributed by atoms with Crippen LogP contribution in [0.2, 0.25) is 0 Å². The van der Waals surface area contributed by atoms with Gasteiger partial charge < -0.3 is 20.5 Å². The third-order valence-electron chi connectivity index (χ3n) is 4.28. The molecule has 24 heavy (non-hydrogen) atoms. The Labute approximate surface area is 138 Å². The molecule has 0 bridgehead atoms. The molecular formula is C17H15N3O4. The second kappa shape index (κ2) is 5.13. The van der Waals surface area contributed by atoms with E-state index in [1.54, 1.807) is 12.1 Å². The number of nitrogens with two attached hydrogens (primary N) is 1. The molecule has 1 aromatic rings. The number of amides is 1. The Morgan fingerprint density at radius 2 is 2.12 bits per heavy atom. The van der Waals surface area contributed by atoms with E-state index >= 15 is 0 Å². The Balaban J connectivity index is 2.46. The van der Waals surface area contributed by atoms with E-state index in [1.165, 1.54) is 14.0 Å². The summed E-state index contributed by atoms with van der Waals surface area (Å²) in [5, 5.41) is 12.4. The maximum absolute atomic E-state index is 13.0. The van der Waals surface area contributed by atoms with Gasteiger partial charge in [0.25, 0.3) is 0 Å². The molecular weight excluding hydrogens is 310 g/mol. The fourth-order valence-corrected chi connectivity index (χ4v) is 3.29. The van der Waals surface area contributed by atoms with E-state index in [2.05, 4.69) is 5.32 Å². The number of carbonyl (C=O) groups excluding carboxylic acids is 2. The van der Waals surface area contributed by atoms with Crippen molar-refractivity contribution in [1.82, 2.24) is 0 Å². The number of hydrogen-bond donors (Lipinski definition) is 2. The number of hydrogen-bond acceptors (Lipinski definition) is 6. The van der Waals surface area contributed by atoms with Gasteiger partial charge in [-0.3, -0.25) is 4.79 Å². The van der Waals surface area contributed by atoms with Gasteiger partial charge in [0.15, 0.2) is 5.41 Å². The van der Waals surface area contributed by atoms with Gasteiger partial charge in [-0.1, -0.05) is 17.7 Å². The number of aryl methyl sites for hydroxylation is 1. The van der Waals surface area contributed by atoms with Gasteiger partial charge in [-0.25, -0.2) is 4.79 Å². The predicted octanol–water partition coefficient (Wildman–Crippen LogP) is 1.36. The average molecular weight is 325 g/mol. The van der Waals surface area contributed by atoms with Crippen LogP contribution in [0.1, 0.15) is 18.1 Å². The summed E-state index contributed by atoms with van der Waals surface area (Å²) >= 11 is 0. The number of anilines is 1. The highest BCUT2D eigenvalue weighted by Crippen LogP contribution is 2.52. The van der Waals surface area contributed by atoms with Crippen molar-refractivity contribution in [2.45, 2.75) is 19.3 Å². The van der Waals surface area contributed by atoms with E-state index in [9.17, 15) is 14.9 Å². The SMILES string of the molecule is COC(=O)C1=C(C)OC(N)=C(C#N)C12C(=O)Nc1ccc(C)cc12. The van der Waals surface area contributed by atoms with Crippen molar-refractivity contribution in [3.8, 4) is 6.07 Å². The van der Waals surface area contributed by atoms with E-state index in [4.69, 9.17) is 15.2 Å². The number of nitrogens with one attached hydrogen (secondary N) is 1. The minimum Gasteiger partial charge on any atom is -0.466 e. The summed E-state index contributed by atoms with van der Waals surface area (Å²) in [7, 11) is 1.20. The van der Waals surface area contributed by atoms with E-state index in [-0.39, 0.29) is 22.8 Å². The van der Waals surface area contributed by atoms with Crippen LogP contribution < -0.4 is 11.1 Å². The fraction of sp³-hybridized carbons (Fsp3) is 0.235. The molecule has 2 heterocycles. The molecule has 3 N–H and O–H groups in total. The largest absolute Gasteiger partial charge is 0.466 e. The smallest absolute Gasteiger partial charge is 0.339 e. The number of nitrogens with zero attached hydrogens (tertiary/aromatic N) is 1. The molecule has 1 aromatic carbocycles. The first kappa shape index (κ1) is 15.6. The van der Waals surface area contributed by atoms with Crippen molar-refractivity contribution in [2.24, 2.45) is 5.73 Å². The van der Waals surface area contributed by atoms with Crippen molar-refractivity contribution in [3.05, 3.63) is 52.1 Å². The minimum atomic E-state index is -1.67. The second-order valence-electron chi connectivity index (χ2n) is 5.63. The number of nitriles is 1. The zero-order valence-electron chi connectivity index (χ0n) is 13.4. The lowest BCUT2D eigenvalue weighted by atomic mass is 9.68. The maximum Gasteiger partial charge on any atom is 0.339 e. The third-order valence-corrected chi connectivity index (χ3v) is 4.28. The molecule has 0 saturated carbocycles. The first-order chi connectivity index (χ1) is 11.4. The molecule has 0 radical (unpaired) electrons. The van der Waals surface area contributed by atoms with Gasteiger partial charge in [-0.05, 0) is 19.9 Å². The topological polar surface area (TPSA) is 114 Å². The number of ether oxygens (including phenoxy) is 2. The van der Waals surface area contributed by atoms with Crippen LogP contribution in [0.5, 0.6) is 0 Å². The van der Waals surface area contributed by atoms with Crippen molar-refractivity contribution in [2.75, 3.05) is 12.4 Å². The molecule has 1 atom stereocenters. The van der Waals surface area contributed by atoms with E-state index in [0.29, 0.717) is 11.3 Å². The Hall–Kier alpha value is -3.27. The highest BCUT2D eigenvalue weighted by molar-refractivity contribution is 6.17. The predicted molar refractivity (Wildman–Crippen MR) is 84.1 cm³/mol. The Morgan fingerprint density at radius 3 is 2.75 bits per heavy atom. The molecule has 2 aliphatic rings. The normalized spacial score (nSPS) is 22.0. The Bertz CT molecular complexity index is 892. The van der Waals surface area contributed by atoms with Gasteiger partial charge in [0.05, 0.1) is 7.11 Å². The molecule has 1 unspecified atom stereocenters. The van der Waals surface area contributed by atoms with Crippen LogP contribution in [0.4, 0.5) is 5.69 Å². The van der Waals surface area contributed by atoms with Crippen molar-refractivity contribution < 1.29 is 19.1 Å². The quantitative estimate of drug-likeness (QED) is 0.753. The summed E-state index contributed by atoms with van der Waals surface area (Å²) in [6.07, 6.45) is 0. The molecule has 122 valence electrons. The molecule has 7 nitrogen and oxygen atoms in total. The lowest BCUT2D eigenvalue weighted by molar-refractivity contribution is -0.138. The minimum absolute atomic E-state index is 0.0439. The van der Waals surface area contributed by atoms with Gasteiger partial charge in [0, 0.05) is 11.3 Å². The standard InChI is InChI=1S/C17H15N3O4/c1-8-4-5-12-10(6-8)17(16(22)20-12)11(7-18)14(19)24-9(2)13(17)15(21)23-3/h4-6H,19H2,1-3H3,(H,20,22). The first-order valence-electron chi connectivity index (χ1n) is 7.18. The number of fused-ring (bicyclic) bond motifs is 2. The van der Waals surface area contributed by atoms with Crippen LogP contribution in [-0.2, 0) is 24.5 Å². The van der Waals surface area contributed by atoms with E-state index in [1.807, 2.05) is 19.1 Å². The molecule has 1 spiro atoms. The fourth-order valence-electron chi connectivity index (χ4n) is 3.29. The van der Waals surface area contributed by atoms with Crippen LogP contribution in [0.25, 0.3) is 0 Å². The van der Waals surface area contributed by atoms with Gasteiger partial charge in [-0.2, -0.15) is 5.26 Å². The van der Waals surface area contributed by atoms with E-state index in [0.717, 1.165) is 5.56 Å². The molecule has 3 rings (SSSR count). The van der Waals surface area contributed by atoms with Crippen LogP contribution in [0.15, 0.2) is 41.0 Å². The number of methoxy groups -OCH3 is 1. The monoisotopic (exact) mass is 325 g/mol. The zero-order chi connectivity index (χ0) is 17.6. The summed E-state index contributed by atoms with van der Waals surface area (Å²) in [6.45, 7) is 3.36. The Morgan fingerprint density at radius 1 is 1.42 bits per heavy atom. The highest BCUT2D eigenvalue weighted by Gasteiger charge is 2.59. The van der Waals surface area contributed by atoms with Crippen LogP contribution >= 0.6 is 0 Å². The van der Waals surface area contributed by atoms with Gasteiger partial charge in [0.2, 0.25) is 11.8 Å². The van der Waals surface area contributed by atoms with Crippen molar-refractivity contribution >= 4 is 17.6 Å². The van der Waals surface area contributed by atoms with Crippen LogP contribution in [0.3, 0.4) is 0 Å². The summed E-state index contributed by atoms with van der Waals surface area (Å²) in [5.41, 5.74) is 5.89. The third kappa shape index (κ3) is 1.77. The molecule has 0 saturated heterocycles. The summed E-state index contributed by atoms with van der Waals surface area (Å²) in [6, 6.07) is 7.23. The van der Waals surface area contributed by atoms with Gasteiger partial charge in [0.1, 0.15) is 23.0 Å². The highest BCUT2D eigenvalue weighted by atomic mass is 16.5. The molecule has 0 aromatic heterocycles. The first-order valence-corrected chi connectivity index (χ1v) is 7.18. The maximum atomic E-state index is 13.0. The van der Waals surface area contributed by atoms with Crippen molar-refractivity contribution in [1.29, 1.82) is 5.26 Å².